The second-order valence-corrected chi connectivity index (χ2v) is 6.20. The van der Waals surface area contributed by atoms with E-state index in [9.17, 15) is 5.11 Å². The highest BCUT2D eigenvalue weighted by molar-refractivity contribution is 4.88. The predicted octanol–water partition coefficient (Wildman–Crippen LogP) is 1.47. The molecule has 2 N–H and O–H groups in total. The Hall–Kier alpha value is -0.120. The SMILES string of the molecule is CC(C)NC(CO)CCN1CC2CCCC2C1. The lowest BCUT2D eigenvalue weighted by Gasteiger charge is -2.23. The average Bonchev–Trinajstić information content (AvgIpc) is 2.83. The van der Waals surface area contributed by atoms with Gasteiger partial charge in [-0.2, -0.15) is 0 Å². The molecule has 0 spiro atoms. The highest BCUT2D eigenvalue weighted by atomic mass is 16.3. The fourth-order valence-corrected chi connectivity index (χ4v) is 3.55. The molecule has 0 aromatic heterocycles. The Morgan fingerprint density at radius 3 is 2.41 bits per heavy atom. The van der Waals surface area contributed by atoms with Crippen molar-refractivity contribution >= 4 is 0 Å². The Bertz CT molecular complexity index is 220. The van der Waals surface area contributed by atoms with Crippen molar-refractivity contribution < 1.29 is 5.11 Å². The van der Waals surface area contributed by atoms with Gasteiger partial charge in [-0.05, 0) is 37.6 Å². The van der Waals surface area contributed by atoms with Gasteiger partial charge >= 0.3 is 0 Å². The van der Waals surface area contributed by atoms with E-state index in [0.717, 1.165) is 24.8 Å². The van der Waals surface area contributed by atoms with Gasteiger partial charge in [0.2, 0.25) is 0 Å². The van der Waals surface area contributed by atoms with Crippen LogP contribution in [0.25, 0.3) is 0 Å². The van der Waals surface area contributed by atoms with Crippen LogP contribution in [-0.2, 0) is 0 Å². The third-order valence-corrected chi connectivity index (χ3v) is 4.39. The summed E-state index contributed by atoms with van der Waals surface area (Å²) < 4.78 is 0. The first-order chi connectivity index (χ1) is 8.19. The number of fused-ring (bicyclic) bond motifs is 1. The maximum atomic E-state index is 9.33. The summed E-state index contributed by atoms with van der Waals surface area (Å²) in [5, 5.41) is 12.8. The Morgan fingerprint density at radius 2 is 1.88 bits per heavy atom. The van der Waals surface area contributed by atoms with Crippen molar-refractivity contribution in [1.29, 1.82) is 0 Å². The second kappa shape index (κ2) is 6.17. The fraction of sp³-hybridized carbons (Fsp3) is 1.00. The molecule has 1 aliphatic carbocycles. The molecule has 2 aliphatic rings. The van der Waals surface area contributed by atoms with Crippen molar-refractivity contribution in [3.8, 4) is 0 Å². The van der Waals surface area contributed by atoms with E-state index in [2.05, 4.69) is 24.1 Å². The largest absolute Gasteiger partial charge is 0.395 e. The van der Waals surface area contributed by atoms with Gasteiger partial charge in [-0.25, -0.2) is 0 Å². The molecule has 100 valence electrons. The molecule has 1 heterocycles. The van der Waals surface area contributed by atoms with Crippen molar-refractivity contribution in [3.63, 3.8) is 0 Å². The summed E-state index contributed by atoms with van der Waals surface area (Å²) in [6.45, 7) is 8.32. The lowest BCUT2D eigenvalue weighted by atomic mass is 10.0. The Balaban J connectivity index is 1.68. The summed E-state index contributed by atoms with van der Waals surface area (Å²) >= 11 is 0. The standard InChI is InChI=1S/C14H28N2O/c1-11(2)15-14(10-17)6-7-16-8-12-4-3-5-13(12)9-16/h11-15,17H,3-10H2,1-2H3. The number of hydrogen-bond acceptors (Lipinski definition) is 3. The molecule has 0 radical (unpaired) electrons. The second-order valence-electron chi connectivity index (χ2n) is 6.20. The lowest BCUT2D eigenvalue weighted by Crippen LogP contribution is -2.40. The molecular formula is C14H28N2O. The van der Waals surface area contributed by atoms with Crippen molar-refractivity contribution in [2.75, 3.05) is 26.2 Å². The normalized spacial score (nSPS) is 31.1. The summed E-state index contributed by atoms with van der Waals surface area (Å²) in [6.07, 6.45) is 5.44. The molecule has 3 nitrogen and oxygen atoms in total. The average molecular weight is 240 g/mol. The first kappa shape index (κ1) is 13.3. The molecule has 1 saturated carbocycles. The zero-order valence-corrected chi connectivity index (χ0v) is 11.4. The van der Waals surface area contributed by atoms with Gasteiger partial charge in [0.15, 0.2) is 0 Å². The van der Waals surface area contributed by atoms with Crippen LogP contribution in [-0.4, -0.2) is 48.3 Å². The molecule has 17 heavy (non-hydrogen) atoms. The van der Waals surface area contributed by atoms with Crippen LogP contribution in [0.4, 0.5) is 0 Å². The smallest absolute Gasteiger partial charge is 0.0585 e. The van der Waals surface area contributed by atoms with Gasteiger partial charge in [0.25, 0.3) is 0 Å². The summed E-state index contributed by atoms with van der Waals surface area (Å²) in [6, 6.07) is 0.737. The lowest BCUT2D eigenvalue weighted by molar-refractivity contribution is 0.207. The highest BCUT2D eigenvalue weighted by Crippen LogP contribution is 2.37. The predicted molar refractivity (Wildman–Crippen MR) is 71.0 cm³/mol. The van der Waals surface area contributed by atoms with E-state index in [0.29, 0.717) is 6.04 Å². The Morgan fingerprint density at radius 1 is 1.24 bits per heavy atom. The van der Waals surface area contributed by atoms with Gasteiger partial charge in [-0.1, -0.05) is 20.3 Å². The van der Waals surface area contributed by atoms with E-state index < -0.39 is 0 Å². The third kappa shape index (κ3) is 3.67. The van der Waals surface area contributed by atoms with Crippen LogP contribution in [0.5, 0.6) is 0 Å². The van der Waals surface area contributed by atoms with Crippen molar-refractivity contribution in [3.05, 3.63) is 0 Å². The Labute approximate surface area is 106 Å². The van der Waals surface area contributed by atoms with E-state index >= 15 is 0 Å². The van der Waals surface area contributed by atoms with E-state index in [1.165, 1.54) is 32.4 Å². The van der Waals surface area contributed by atoms with Crippen molar-refractivity contribution in [2.45, 2.75) is 51.6 Å². The highest BCUT2D eigenvalue weighted by Gasteiger charge is 2.35. The summed E-state index contributed by atoms with van der Waals surface area (Å²) in [5.74, 6) is 1.97. The minimum atomic E-state index is 0.263. The molecule has 2 fully saturated rings. The van der Waals surface area contributed by atoms with Crippen LogP contribution in [0.2, 0.25) is 0 Å². The van der Waals surface area contributed by atoms with Gasteiger partial charge < -0.3 is 15.3 Å². The van der Waals surface area contributed by atoms with E-state index in [-0.39, 0.29) is 12.6 Å². The number of aliphatic hydroxyl groups is 1. The summed E-state index contributed by atoms with van der Waals surface area (Å²) in [5.41, 5.74) is 0. The van der Waals surface area contributed by atoms with Gasteiger partial charge in [-0.3, -0.25) is 0 Å². The third-order valence-electron chi connectivity index (χ3n) is 4.39. The van der Waals surface area contributed by atoms with Crippen LogP contribution in [0.15, 0.2) is 0 Å². The molecule has 1 saturated heterocycles. The maximum absolute atomic E-state index is 9.33. The molecule has 3 atom stereocenters. The van der Waals surface area contributed by atoms with E-state index in [4.69, 9.17) is 0 Å². The summed E-state index contributed by atoms with van der Waals surface area (Å²) in [7, 11) is 0. The van der Waals surface area contributed by atoms with Crippen LogP contribution in [0, 0.1) is 11.8 Å². The molecule has 0 amide bonds. The summed E-state index contributed by atoms with van der Waals surface area (Å²) in [4.78, 5) is 2.61. The van der Waals surface area contributed by atoms with E-state index in [1.54, 1.807) is 0 Å². The van der Waals surface area contributed by atoms with Gasteiger partial charge in [-0.15, -0.1) is 0 Å². The van der Waals surface area contributed by atoms with Crippen molar-refractivity contribution in [1.82, 2.24) is 10.2 Å². The number of nitrogens with zero attached hydrogens (tertiary/aromatic N) is 1. The Kier molecular flexibility index (Phi) is 4.83. The number of aliphatic hydroxyl groups excluding tert-OH is 1. The number of rotatable bonds is 6. The van der Waals surface area contributed by atoms with Gasteiger partial charge in [0.05, 0.1) is 6.61 Å². The van der Waals surface area contributed by atoms with Crippen molar-refractivity contribution in [2.24, 2.45) is 11.8 Å². The monoisotopic (exact) mass is 240 g/mol. The molecule has 3 unspecified atom stereocenters. The van der Waals surface area contributed by atoms with Gasteiger partial charge in [0.1, 0.15) is 0 Å². The molecule has 1 aliphatic heterocycles. The topological polar surface area (TPSA) is 35.5 Å². The van der Waals surface area contributed by atoms with Crippen LogP contribution >= 0.6 is 0 Å². The first-order valence-corrected chi connectivity index (χ1v) is 7.28. The quantitative estimate of drug-likeness (QED) is 0.738. The maximum Gasteiger partial charge on any atom is 0.0585 e. The first-order valence-electron chi connectivity index (χ1n) is 7.28. The molecule has 3 heteroatoms. The zero-order chi connectivity index (χ0) is 12.3. The minimum Gasteiger partial charge on any atom is -0.395 e. The van der Waals surface area contributed by atoms with Gasteiger partial charge in [0, 0.05) is 25.2 Å². The number of likely N-dealkylation sites (tertiary alicyclic amines) is 1. The molecule has 0 bridgehead atoms. The number of hydrogen-bond donors (Lipinski definition) is 2. The van der Waals surface area contributed by atoms with Crippen LogP contribution in [0.1, 0.15) is 39.5 Å². The molecule has 0 aromatic rings. The van der Waals surface area contributed by atoms with E-state index in [1.807, 2.05) is 0 Å². The molecule has 2 rings (SSSR count). The fourth-order valence-electron chi connectivity index (χ4n) is 3.55. The number of nitrogens with one attached hydrogen (secondary N) is 1. The molecular weight excluding hydrogens is 212 g/mol. The minimum absolute atomic E-state index is 0.263. The van der Waals surface area contributed by atoms with Crippen LogP contribution < -0.4 is 5.32 Å². The zero-order valence-electron chi connectivity index (χ0n) is 11.4. The molecule has 0 aromatic carbocycles. The van der Waals surface area contributed by atoms with Crippen LogP contribution in [0.3, 0.4) is 0 Å².